The van der Waals surface area contributed by atoms with Crippen LogP contribution in [0.3, 0.4) is 0 Å². The van der Waals surface area contributed by atoms with Gasteiger partial charge in [0.15, 0.2) is 0 Å². The van der Waals surface area contributed by atoms with Gasteiger partial charge >= 0.3 is 0 Å². The van der Waals surface area contributed by atoms with E-state index in [1.807, 2.05) is 6.08 Å². The molecule has 0 aliphatic heterocycles. The average Bonchev–Trinajstić information content (AvgIpc) is 2.09. The van der Waals surface area contributed by atoms with Gasteiger partial charge in [0.25, 0.3) is 0 Å². The molecule has 0 fully saturated rings. The Morgan fingerprint density at radius 3 is 2.83 bits per heavy atom. The smallest absolute Gasteiger partial charge is 0.137 e. The topological polar surface area (TPSA) is 60.2 Å². The molecule has 0 aromatic carbocycles. The van der Waals surface area contributed by atoms with Gasteiger partial charge in [0.1, 0.15) is 12.1 Å². The maximum absolute atomic E-state index is 10.8. The number of nitrogens with two attached hydrogens (primary N) is 1. The van der Waals surface area contributed by atoms with Crippen LogP contribution in [0.1, 0.15) is 25.7 Å². The number of hydrogen-bond donors (Lipinski definition) is 1. The van der Waals surface area contributed by atoms with E-state index in [4.69, 9.17) is 5.73 Å². The first kappa shape index (κ1) is 9.13. The van der Waals surface area contributed by atoms with E-state index in [1.54, 1.807) is 0 Å². The first-order valence-electron chi connectivity index (χ1n) is 4.13. The predicted octanol–water partition coefficient (Wildman–Crippen LogP) is 0.582. The average molecular weight is 167 g/mol. The first-order chi connectivity index (χ1) is 5.72. The second-order valence-electron chi connectivity index (χ2n) is 3.11. The highest BCUT2D eigenvalue weighted by atomic mass is 16.1. The van der Waals surface area contributed by atoms with E-state index in [2.05, 4.69) is 0 Å². The van der Waals surface area contributed by atoms with E-state index < -0.39 is 6.04 Å². The van der Waals surface area contributed by atoms with Crippen molar-refractivity contribution < 1.29 is 9.59 Å². The molecule has 12 heavy (non-hydrogen) atoms. The molecular formula is C9H13NO2. The van der Waals surface area contributed by atoms with Gasteiger partial charge in [0.05, 0.1) is 6.04 Å². The van der Waals surface area contributed by atoms with E-state index in [0.29, 0.717) is 19.3 Å². The summed E-state index contributed by atoms with van der Waals surface area (Å²) >= 11 is 0. The van der Waals surface area contributed by atoms with Crippen molar-refractivity contribution in [2.45, 2.75) is 31.7 Å². The van der Waals surface area contributed by atoms with Gasteiger partial charge in [0.2, 0.25) is 0 Å². The monoisotopic (exact) mass is 167 g/mol. The van der Waals surface area contributed by atoms with Crippen molar-refractivity contribution in [3.05, 3.63) is 11.6 Å². The van der Waals surface area contributed by atoms with Gasteiger partial charge in [-0.25, -0.2) is 0 Å². The fourth-order valence-corrected chi connectivity index (χ4v) is 1.30. The van der Waals surface area contributed by atoms with Crippen LogP contribution in [-0.2, 0) is 9.59 Å². The summed E-state index contributed by atoms with van der Waals surface area (Å²) in [6.45, 7) is 0. The largest absolute Gasteiger partial charge is 0.321 e. The van der Waals surface area contributed by atoms with Crippen molar-refractivity contribution in [1.82, 2.24) is 0 Å². The number of Topliss-reactive ketones (excluding diaryl/α,β-unsaturated/α-hetero) is 1. The summed E-state index contributed by atoms with van der Waals surface area (Å²) in [4.78, 5) is 21.0. The number of carbonyl (C=O) groups is 2. The van der Waals surface area contributed by atoms with E-state index in [-0.39, 0.29) is 5.78 Å². The number of rotatable bonds is 3. The molecule has 0 aromatic rings. The Hall–Kier alpha value is -0.960. The summed E-state index contributed by atoms with van der Waals surface area (Å²) in [5, 5.41) is 0. The third kappa shape index (κ3) is 2.58. The lowest BCUT2D eigenvalue weighted by atomic mass is 9.94. The first-order valence-corrected chi connectivity index (χ1v) is 4.13. The molecule has 1 aliphatic carbocycles. The van der Waals surface area contributed by atoms with Crippen LogP contribution in [0.2, 0.25) is 0 Å². The van der Waals surface area contributed by atoms with Crippen LogP contribution in [0, 0.1) is 0 Å². The Morgan fingerprint density at radius 1 is 1.58 bits per heavy atom. The minimum Gasteiger partial charge on any atom is -0.321 e. The number of allylic oxidation sites excluding steroid dienone is 1. The van der Waals surface area contributed by atoms with Crippen molar-refractivity contribution in [2.24, 2.45) is 5.73 Å². The van der Waals surface area contributed by atoms with E-state index >= 15 is 0 Å². The molecule has 1 unspecified atom stereocenters. The fraction of sp³-hybridized carbons (Fsp3) is 0.556. The van der Waals surface area contributed by atoms with Gasteiger partial charge in [-0.1, -0.05) is 11.6 Å². The molecule has 2 N–H and O–H groups in total. The Balaban J connectivity index is 2.43. The minimum atomic E-state index is -0.399. The van der Waals surface area contributed by atoms with Crippen molar-refractivity contribution in [3.8, 4) is 0 Å². The lowest BCUT2D eigenvalue weighted by Gasteiger charge is -2.12. The van der Waals surface area contributed by atoms with Gasteiger partial charge in [-0.2, -0.15) is 0 Å². The number of carbonyl (C=O) groups excluding carboxylic acids is 2. The van der Waals surface area contributed by atoms with E-state index in [0.717, 1.165) is 18.3 Å². The molecule has 66 valence electrons. The second kappa shape index (κ2) is 4.16. The Bertz CT molecular complexity index is 221. The molecule has 0 spiro atoms. The van der Waals surface area contributed by atoms with Crippen LogP contribution in [0.25, 0.3) is 0 Å². The minimum absolute atomic E-state index is 0.276. The molecule has 3 nitrogen and oxygen atoms in total. The Labute approximate surface area is 71.6 Å². The standard InChI is InChI=1S/C9H13NO2/c10-8(6-11)5-7-1-3-9(12)4-2-7/h1,6,8H,2-5,10H2. The summed E-state index contributed by atoms with van der Waals surface area (Å²) < 4.78 is 0. The Morgan fingerprint density at radius 2 is 2.33 bits per heavy atom. The lowest BCUT2D eigenvalue weighted by Crippen LogP contribution is -2.22. The van der Waals surface area contributed by atoms with Gasteiger partial charge < -0.3 is 10.5 Å². The van der Waals surface area contributed by atoms with Crippen LogP contribution in [0.5, 0.6) is 0 Å². The zero-order valence-corrected chi connectivity index (χ0v) is 6.95. The SMILES string of the molecule is NC(C=O)CC1=CCC(=O)CC1. The molecule has 1 atom stereocenters. The summed E-state index contributed by atoms with van der Waals surface area (Å²) in [5.41, 5.74) is 6.59. The summed E-state index contributed by atoms with van der Waals surface area (Å²) in [6, 6.07) is -0.399. The van der Waals surface area contributed by atoms with E-state index in [1.165, 1.54) is 0 Å². The number of ketones is 1. The molecule has 1 aliphatic rings. The van der Waals surface area contributed by atoms with Gasteiger partial charge in [-0.15, -0.1) is 0 Å². The third-order valence-electron chi connectivity index (χ3n) is 2.02. The van der Waals surface area contributed by atoms with Crippen LogP contribution < -0.4 is 5.73 Å². The molecule has 0 aromatic heterocycles. The molecule has 0 bridgehead atoms. The van der Waals surface area contributed by atoms with Gasteiger partial charge in [-0.3, -0.25) is 4.79 Å². The van der Waals surface area contributed by atoms with Crippen molar-refractivity contribution in [2.75, 3.05) is 0 Å². The summed E-state index contributed by atoms with van der Waals surface area (Å²) in [6.07, 6.45) is 5.15. The predicted molar refractivity (Wildman–Crippen MR) is 45.6 cm³/mol. The van der Waals surface area contributed by atoms with Crippen LogP contribution in [-0.4, -0.2) is 18.1 Å². The highest BCUT2D eigenvalue weighted by Gasteiger charge is 2.12. The highest BCUT2D eigenvalue weighted by molar-refractivity contribution is 5.81. The summed E-state index contributed by atoms with van der Waals surface area (Å²) in [5.74, 6) is 0.276. The Kier molecular flexibility index (Phi) is 3.17. The lowest BCUT2D eigenvalue weighted by molar-refractivity contribution is -0.118. The van der Waals surface area contributed by atoms with Crippen LogP contribution >= 0.6 is 0 Å². The number of hydrogen-bond acceptors (Lipinski definition) is 3. The molecule has 0 saturated carbocycles. The van der Waals surface area contributed by atoms with Crippen molar-refractivity contribution in [1.29, 1.82) is 0 Å². The third-order valence-corrected chi connectivity index (χ3v) is 2.02. The maximum Gasteiger partial charge on any atom is 0.137 e. The van der Waals surface area contributed by atoms with Crippen LogP contribution in [0.4, 0.5) is 0 Å². The normalized spacial score (nSPS) is 20.1. The zero-order valence-electron chi connectivity index (χ0n) is 6.95. The van der Waals surface area contributed by atoms with E-state index in [9.17, 15) is 9.59 Å². The van der Waals surface area contributed by atoms with Gasteiger partial charge in [0, 0.05) is 12.8 Å². The van der Waals surface area contributed by atoms with Crippen molar-refractivity contribution >= 4 is 12.1 Å². The quantitative estimate of drug-likeness (QED) is 0.494. The highest BCUT2D eigenvalue weighted by Crippen LogP contribution is 2.18. The maximum atomic E-state index is 10.8. The molecule has 0 heterocycles. The molecular weight excluding hydrogens is 154 g/mol. The molecule has 0 radical (unpaired) electrons. The fourth-order valence-electron chi connectivity index (χ4n) is 1.30. The van der Waals surface area contributed by atoms with Crippen molar-refractivity contribution in [3.63, 3.8) is 0 Å². The molecule has 0 saturated heterocycles. The molecule has 3 heteroatoms. The number of aldehydes is 1. The zero-order chi connectivity index (χ0) is 8.97. The second-order valence-corrected chi connectivity index (χ2v) is 3.11. The van der Waals surface area contributed by atoms with Gasteiger partial charge in [-0.05, 0) is 12.8 Å². The molecule has 1 rings (SSSR count). The molecule has 0 amide bonds. The summed E-state index contributed by atoms with van der Waals surface area (Å²) in [7, 11) is 0. The van der Waals surface area contributed by atoms with Crippen LogP contribution in [0.15, 0.2) is 11.6 Å².